The van der Waals surface area contributed by atoms with Gasteiger partial charge in [0.2, 0.25) is 0 Å². The smallest absolute Gasteiger partial charge is 0.323 e. The van der Waals surface area contributed by atoms with Gasteiger partial charge in [-0.15, -0.1) is 24.8 Å². The second-order valence-corrected chi connectivity index (χ2v) is 3.02. The van der Waals surface area contributed by atoms with Gasteiger partial charge in [-0.05, 0) is 12.8 Å². The largest absolute Gasteiger partial charge is 0.480 e. The van der Waals surface area contributed by atoms with E-state index >= 15 is 0 Å². The van der Waals surface area contributed by atoms with E-state index in [0.29, 0.717) is 12.8 Å². The van der Waals surface area contributed by atoms with Gasteiger partial charge in [-0.1, -0.05) is 19.3 Å². The van der Waals surface area contributed by atoms with Crippen molar-refractivity contribution >= 4 is 30.8 Å². The fourth-order valence-corrected chi connectivity index (χ4v) is 1.40. The molecule has 3 nitrogen and oxygen atoms in total. The summed E-state index contributed by atoms with van der Waals surface area (Å²) in [5.74, 6) is -0.841. The summed E-state index contributed by atoms with van der Waals surface area (Å²) in [5, 5.41) is 8.67. The minimum absolute atomic E-state index is 0. The minimum Gasteiger partial charge on any atom is -0.480 e. The summed E-state index contributed by atoms with van der Waals surface area (Å²) in [6, 6.07) is 0. The summed E-state index contributed by atoms with van der Waals surface area (Å²) >= 11 is 0. The summed E-state index contributed by atoms with van der Waals surface area (Å²) in [6.45, 7) is 0. The average molecular weight is 216 g/mol. The molecule has 0 aliphatic heterocycles. The molecule has 1 aliphatic carbocycles. The SMILES string of the molecule is Cl.Cl.NC1(C(=O)O)CCCCC1. The maximum absolute atomic E-state index is 10.6. The lowest BCUT2D eigenvalue weighted by atomic mass is 9.83. The minimum atomic E-state index is -0.905. The molecular formula is C7H15Cl2NO2. The van der Waals surface area contributed by atoms with Gasteiger partial charge in [-0.2, -0.15) is 0 Å². The molecule has 0 bridgehead atoms. The first kappa shape index (κ1) is 14.5. The van der Waals surface area contributed by atoms with E-state index in [-0.39, 0.29) is 24.8 Å². The molecule has 0 spiro atoms. The van der Waals surface area contributed by atoms with Gasteiger partial charge in [0.05, 0.1) is 0 Å². The monoisotopic (exact) mass is 215 g/mol. The number of carboxylic acid groups (broad SMARTS) is 1. The lowest BCUT2D eigenvalue weighted by molar-refractivity contribution is -0.144. The van der Waals surface area contributed by atoms with Gasteiger partial charge in [0.1, 0.15) is 5.54 Å². The van der Waals surface area contributed by atoms with Crippen molar-refractivity contribution in [3.05, 3.63) is 0 Å². The molecule has 0 amide bonds. The molecule has 0 heterocycles. The predicted molar refractivity (Wildman–Crippen MR) is 52.1 cm³/mol. The maximum atomic E-state index is 10.6. The average Bonchev–Trinajstić information content (AvgIpc) is 1.89. The molecule has 0 radical (unpaired) electrons. The van der Waals surface area contributed by atoms with Gasteiger partial charge >= 0.3 is 5.97 Å². The van der Waals surface area contributed by atoms with Gasteiger partial charge in [0.15, 0.2) is 0 Å². The normalized spacial score (nSPS) is 20.1. The highest BCUT2D eigenvalue weighted by Crippen LogP contribution is 2.25. The molecule has 74 valence electrons. The van der Waals surface area contributed by atoms with E-state index in [9.17, 15) is 4.79 Å². The number of carboxylic acids is 1. The summed E-state index contributed by atoms with van der Waals surface area (Å²) in [5.41, 5.74) is 4.70. The Balaban J connectivity index is 0. The Morgan fingerprint density at radius 3 is 1.83 bits per heavy atom. The summed E-state index contributed by atoms with van der Waals surface area (Å²) in [4.78, 5) is 10.6. The van der Waals surface area contributed by atoms with Crippen LogP contribution < -0.4 is 5.73 Å². The first-order chi connectivity index (χ1) is 4.65. The van der Waals surface area contributed by atoms with Crippen LogP contribution in [0.1, 0.15) is 32.1 Å². The van der Waals surface area contributed by atoms with Crippen molar-refractivity contribution in [1.82, 2.24) is 0 Å². The molecule has 1 fully saturated rings. The molecule has 0 aromatic carbocycles. The number of halogens is 2. The molecule has 12 heavy (non-hydrogen) atoms. The summed E-state index contributed by atoms with van der Waals surface area (Å²) in [6.07, 6.45) is 4.34. The first-order valence-electron chi connectivity index (χ1n) is 3.67. The van der Waals surface area contributed by atoms with Crippen molar-refractivity contribution in [1.29, 1.82) is 0 Å². The van der Waals surface area contributed by atoms with Crippen LogP contribution in [0.4, 0.5) is 0 Å². The van der Waals surface area contributed by atoms with E-state index in [1.165, 1.54) is 0 Å². The zero-order valence-electron chi connectivity index (χ0n) is 6.78. The Labute approximate surface area is 84.5 Å². The number of rotatable bonds is 1. The van der Waals surface area contributed by atoms with Crippen LogP contribution in [0.15, 0.2) is 0 Å². The first-order valence-corrected chi connectivity index (χ1v) is 3.67. The van der Waals surface area contributed by atoms with E-state index in [1.807, 2.05) is 0 Å². The third kappa shape index (κ3) is 3.17. The molecule has 1 aliphatic rings. The third-order valence-corrected chi connectivity index (χ3v) is 2.17. The molecule has 0 unspecified atom stereocenters. The second kappa shape index (κ2) is 5.62. The molecular weight excluding hydrogens is 201 g/mol. The lowest BCUT2D eigenvalue weighted by Crippen LogP contribution is -2.49. The Morgan fingerprint density at radius 2 is 1.58 bits per heavy atom. The predicted octanol–water partition coefficient (Wildman–Crippen LogP) is 1.58. The van der Waals surface area contributed by atoms with Crippen LogP contribution in [0.25, 0.3) is 0 Å². The van der Waals surface area contributed by atoms with E-state index in [0.717, 1.165) is 19.3 Å². The summed E-state index contributed by atoms with van der Waals surface area (Å²) < 4.78 is 0. The van der Waals surface area contributed by atoms with E-state index in [2.05, 4.69) is 0 Å². The Hall–Kier alpha value is 0.01000. The van der Waals surface area contributed by atoms with Gasteiger partial charge in [-0.3, -0.25) is 4.79 Å². The molecule has 3 N–H and O–H groups in total. The molecule has 0 aromatic rings. The van der Waals surface area contributed by atoms with Gasteiger partial charge in [-0.25, -0.2) is 0 Å². The van der Waals surface area contributed by atoms with Crippen molar-refractivity contribution in [3.63, 3.8) is 0 Å². The van der Waals surface area contributed by atoms with Crippen LogP contribution in [-0.2, 0) is 4.79 Å². The van der Waals surface area contributed by atoms with Crippen LogP contribution in [0.2, 0.25) is 0 Å². The number of hydrogen-bond acceptors (Lipinski definition) is 2. The van der Waals surface area contributed by atoms with Crippen molar-refractivity contribution in [2.45, 2.75) is 37.6 Å². The van der Waals surface area contributed by atoms with Crippen molar-refractivity contribution in [3.8, 4) is 0 Å². The van der Waals surface area contributed by atoms with E-state index in [1.54, 1.807) is 0 Å². The number of hydrogen-bond donors (Lipinski definition) is 2. The molecule has 0 atom stereocenters. The molecule has 0 saturated heterocycles. The van der Waals surface area contributed by atoms with Gasteiger partial charge in [0, 0.05) is 0 Å². The van der Waals surface area contributed by atoms with Crippen molar-refractivity contribution in [2.24, 2.45) is 5.73 Å². The molecule has 1 rings (SSSR count). The Morgan fingerprint density at radius 1 is 1.17 bits per heavy atom. The van der Waals surface area contributed by atoms with Crippen molar-refractivity contribution in [2.75, 3.05) is 0 Å². The summed E-state index contributed by atoms with van der Waals surface area (Å²) in [7, 11) is 0. The number of nitrogens with two attached hydrogens (primary N) is 1. The van der Waals surface area contributed by atoms with E-state index < -0.39 is 11.5 Å². The lowest BCUT2D eigenvalue weighted by Gasteiger charge is -2.28. The Bertz CT molecular complexity index is 146. The highest BCUT2D eigenvalue weighted by atomic mass is 35.5. The third-order valence-electron chi connectivity index (χ3n) is 2.17. The molecule has 5 heteroatoms. The maximum Gasteiger partial charge on any atom is 0.323 e. The van der Waals surface area contributed by atoms with E-state index in [4.69, 9.17) is 10.8 Å². The Kier molecular flexibility index (Phi) is 6.81. The zero-order chi connectivity index (χ0) is 7.61. The van der Waals surface area contributed by atoms with Crippen LogP contribution >= 0.6 is 24.8 Å². The second-order valence-electron chi connectivity index (χ2n) is 3.02. The zero-order valence-corrected chi connectivity index (χ0v) is 8.42. The quantitative estimate of drug-likeness (QED) is 0.699. The topological polar surface area (TPSA) is 63.3 Å². The fraction of sp³-hybridized carbons (Fsp3) is 0.857. The van der Waals surface area contributed by atoms with Crippen molar-refractivity contribution < 1.29 is 9.90 Å². The fourth-order valence-electron chi connectivity index (χ4n) is 1.40. The molecule has 0 aromatic heterocycles. The van der Waals surface area contributed by atoms with Crippen LogP contribution in [0.3, 0.4) is 0 Å². The van der Waals surface area contributed by atoms with Crippen LogP contribution in [0, 0.1) is 0 Å². The van der Waals surface area contributed by atoms with Crippen LogP contribution in [-0.4, -0.2) is 16.6 Å². The van der Waals surface area contributed by atoms with Crippen LogP contribution in [0.5, 0.6) is 0 Å². The standard InChI is InChI=1S/C7H13NO2.2ClH/c8-7(6(9)10)4-2-1-3-5-7;;/h1-5,8H2,(H,9,10);2*1H. The van der Waals surface area contributed by atoms with Gasteiger partial charge in [0.25, 0.3) is 0 Å². The highest BCUT2D eigenvalue weighted by molar-refractivity contribution is 5.85. The highest BCUT2D eigenvalue weighted by Gasteiger charge is 2.34. The number of aliphatic carboxylic acids is 1. The number of carbonyl (C=O) groups is 1. The van der Waals surface area contributed by atoms with Gasteiger partial charge < -0.3 is 10.8 Å². The molecule has 1 saturated carbocycles.